The average molecular weight is 576 g/mol. The number of ether oxygens (including phenoxy) is 2. The van der Waals surface area contributed by atoms with Crippen LogP contribution in [0.5, 0.6) is 5.75 Å². The molecule has 1 fully saturated rings. The normalized spacial score (nSPS) is 26.2. The van der Waals surface area contributed by atoms with Gasteiger partial charge in [0.25, 0.3) is 5.92 Å². The van der Waals surface area contributed by atoms with E-state index in [1.54, 1.807) is 21.1 Å². The number of likely N-dealkylation sites (N-methyl/N-ethyl adjacent to an activating group) is 1. The van der Waals surface area contributed by atoms with Crippen molar-refractivity contribution in [2.24, 2.45) is 0 Å². The summed E-state index contributed by atoms with van der Waals surface area (Å²) in [5, 5.41) is 4.25. The first-order valence-electron chi connectivity index (χ1n) is 14.2. The maximum atomic E-state index is 14.4. The summed E-state index contributed by atoms with van der Waals surface area (Å²) in [6, 6.07) is 15.4. The largest absolute Gasteiger partial charge is 0.496 e. The van der Waals surface area contributed by atoms with Crippen LogP contribution in [0.4, 0.5) is 8.78 Å². The molecule has 0 amide bonds. The molecule has 0 radical (unpaired) electrons. The molecule has 3 heterocycles. The van der Waals surface area contributed by atoms with Gasteiger partial charge in [-0.3, -0.25) is 9.69 Å². The van der Waals surface area contributed by atoms with Crippen molar-refractivity contribution in [3.63, 3.8) is 0 Å². The van der Waals surface area contributed by atoms with Gasteiger partial charge in [0.2, 0.25) is 0 Å². The molecule has 1 saturated heterocycles. The Kier molecular flexibility index (Phi) is 6.96. The predicted octanol–water partition coefficient (Wildman–Crippen LogP) is 5.59. The fourth-order valence-corrected chi connectivity index (χ4v) is 7.33. The lowest BCUT2D eigenvalue weighted by atomic mass is 9.62. The SMILES string of the molecule is COc1ccccc1[C@H]1CC(=O)C2=C(C1)NC(C)=C(C(=O)O[C@H]1CN(C)CC(F)(F)C1)[C@]2(C)c1cccc2[nH]ccc12. The maximum Gasteiger partial charge on any atom is 0.337 e. The number of dihydropyridines is 1. The summed E-state index contributed by atoms with van der Waals surface area (Å²) < 4.78 is 40.3. The molecule has 0 unspecified atom stereocenters. The van der Waals surface area contributed by atoms with Crippen molar-refractivity contribution in [2.45, 2.75) is 56.5 Å². The number of hydrogen-bond donors (Lipinski definition) is 2. The Balaban J connectivity index is 1.46. The number of alkyl halides is 2. The first-order chi connectivity index (χ1) is 20.0. The van der Waals surface area contributed by atoms with E-state index in [1.165, 1.54) is 4.90 Å². The number of nitrogens with one attached hydrogen (secondary N) is 2. The van der Waals surface area contributed by atoms with Crippen LogP contribution in [-0.2, 0) is 19.7 Å². The second kappa shape index (κ2) is 10.4. The average Bonchev–Trinajstić information content (AvgIpc) is 3.40. The fourth-order valence-electron chi connectivity index (χ4n) is 7.33. The topological polar surface area (TPSA) is 83.7 Å². The van der Waals surface area contributed by atoms with Gasteiger partial charge in [-0.1, -0.05) is 30.3 Å². The molecule has 0 saturated carbocycles. The standard InChI is InChI=1S/C33H35F2N3O4/c1-19-29(31(40)42-21-16-33(34,35)18-38(3)17-21)32(2,24-9-7-10-25-23(24)12-13-36-25)30-26(37-19)14-20(15-27(30)39)22-8-5-6-11-28(22)41-4/h5-13,20-21,36-37H,14-18H2,1-4H3/t20-,21-,32+/m1/s1. The third kappa shape index (κ3) is 4.69. The van der Waals surface area contributed by atoms with Gasteiger partial charge in [0.05, 0.1) is 31.1 Å². The molecule has 3 atom stereocenters. The smallest absolute Gasteiger partial charge is 0.337 e. The maximum absolute atomic E-state index is 14.4. The minimum absolute atomic E-state index is 0.0866. The van der Waals surface area contributed by atoms with Crippen LogP contribution in [0.25, 0.3) is 10.9 Å². The minimum atomic E-state index is -2.96. The summed E-state index contributed by atoms with van der Waals surface area (Å²) >= 11 is 0. The molecule has 3 aliphatic rings. The quantitative estimate of drug-likeness (QED) is 0.386. The number of nitrogens with zero attached hydrogens (tertiary/aromatic N) is 1. The van der Waals surface area contributed by atoms with Crippen LogP contribution in [0, 0.1) is 0 Å². The number of H-pyrrole nitrogens is 1. The zero-order chi connectivity index (χ0) is 29.8. The Bertz CT molecular complexity index is 1640. The van der Waals surface area contributed by atoms with Gasteiger partial charge in [-0.05, 0) is 56.6 Å². The summed E-state index contributed by atoms with van der Waals surface area (Å²) in [7, 11) is 3.21. The number of ketones is 1. The van der Waals surface area contributed by atoms with Crippen molar-refractivity contribution >= 4 is 22.7 Å². The Morgan fingerprint density at radius 3 is 2.64 bits per heavy atom. The number of benzene rings is 2. The number of methoxy groups -OCH3 is 1. The summed E-state index contributed by atoms with van der Waals surface area (Å²) in [4.78, 5) is 33.0. The Hall–Kier alpha value is -3.98. The molecule has 3 aromatic rings. The summed E-state index contributed by atoms with van der Waals surface area (Å²) in [5.74, 6) is -3.14. The molecule has 2 N–H and O–H groups in total. The molecule has 9 heteroatoms. The third-order valence-corrected chi connectivity index (χ3v) is 8.91. The predicted molar refractivity (Wildman–Crippen MR) is 155 cm³/mol. The molecule has 220 valence electrons. The van der Waals surface area contributed by atoms with Crippen LogP contribution >= 0.6 is 0 Å². The molecule has 1 aliphatic carbocycles. The van der Waals surface area contributed by atoms with Crippen molar-refractivity contribution in [1.82, 2.24) is 15.2 Å². The first kappa shape index (κ1) is 28.2. The number of Topliss-reactive ketones (excluding diaryl/α,β-unsaturated/α-hetero) is 1. The molecular weight excluding hydrogens is 540 g/mol. The second-order valence-corrected chi connectivity index (χ2v) is 11.9. The third-order valence-electron chi connectivity index (χ3n) is 8.91. The van der Waals surface area contributed by atoms with E-state index < -0.39 is 29.8 Å². The number of rotatable bonds is 5. The first-order valence-corrected chi connectivity index (χ1v) is 14.2. The number of halogens is 2. The van der Waals surface area contributed by atoms with Gasteiger partial charge in [-0.2, -0.15) is 0 Å². The highest BCUT2D eigenvalue weighted by atomic mass is 19.3. The Morgan fingerprint density at radius 1 is 1.10 bits per heavy atom. The zero-order valence-electron chi connectivity index (χ0n) is 24.2. The summed E-state index contributed by atoms with van der Waals surface area (Å²) in [6.45, 7) is 3.50. The van der Waals surface area contributed by atoms with E-state index in [9.17, 15) is 18.4 Å². The van der Waals surface area contributed by atoms with E-state index >= 15 is 0 Å². The number of hydrogen-bond acceptors (Lipinski definition) is 6. The van der Waals surface area contributed by atoms with Crippen molar-refractivity contribution in [3.8, 4) is 5.75 Å². The lowest BCUT2D eigenvalue weighted by Gasteiger charge is -2.44. The van der Waals surface area contributed by atoms with E-state index in [1.807, 2.05) is 61.7 Å². The second-order valence-electron chi connectivity index (χ2n) is 11.9. The highest BCUT2D eigenvalue weighted by Gasteiger charge is 2.51. The van der Waals surface area contributed by atoms with E-state index in [0.717, 1.165) is 33.5 Å². The van der Waals surface area contributed by atoms with Crippen molar-refractivity contribution in [1.29, 1.82) is 0 Å². The number of carbonyl (C=O) groups is 2. The number of carbonyl (C=O) groups excluding carboxylic acids is 2. The van der Waals surface area contributed by atoms with E-state index in [0.29, 0.717) is 17.7 Å². The van der Waals surface area contributed by atoms with Gasteiger partial charge >= 0.3 is 5.97 Å². The van der Waals surface area contributed by atoms with Crippen molar-refractivity contribution in [3.05, 3.63) is 88.4 Å². The van der Waals surface area contributed by atoms with Gasteiger partial charge in [-0.25, -0.2) is 13.6 Å². The van der Waals surface area contributed by atoms with Crippen LogP contribution in [0.2, 0.25) is 0 Å². The van der Waals surface area contributed by atoms with Crippen molar-refractivity contribution in [2.75, 3.05) is 27.2 Å². The molecule has 2 aliphatic heterocycles. The Labute approximate surface area is 243 Å². The number of fused-ring (bicyclic) bond motifs is 1. The number of aromatic amines is 1. The van der Waals surface area contributed by atoms with Crippen LogP contribution in [0.3, 0.4) is 0 Å². The molecular formula is C33H35F2N3O4. The molecule has 0 bridgehead atoms. The van der Waals surface area contributed by atoms with E-state index in [2.05, 4.69) is 10.3 Å². The molecule has 1 aromatic heterocycles. The van der Waals surface area contributed by atoms with Gasteiger partial charge in [0.15, 0.2) is 5.78 Å². The van der Waals surface area contributed by atoms with Crippen LogP contribution in [-0.4, -0.2) is 60.9 Å². The van der Waals surface area contributed by atoms with E-state index in [4.69, 9.17) is 9.47 Å². The number of aromatic nitrogens is 1. The monoisotopic (exact) mass is 575 g/mol. The molecule has 6 rings (SSSR count). The van der Waals surface area contributed by atoms with Gasteiger partial charge in [-0.15, -0.1) is 0 Å². The molecule has 7 nitrogen and oxygen atoms in total. The van der Waals surface area contributed by atoms with Gasteiger partial charge in [0.1, 0.15) is 11.9 Å². The number of allylic oxidation sites excluding steroid dienone is 3. The van der Waals surface area contributed by atoms with Crippen LogP contribution in [0.1, 0.15) is 50.2 Å². The summed E-state index contributed by atoms with van der Waals surface area (Å²) in [5.41, 5.74) is 3.45. The number of likely N-dealkylation sites (tertiary alicyclic amines) is 1. The van der Waals surface area contributed by atoms with Gasteiger partial charge in [0, 0.05) is 53.0 Å². The highest BCUT2D eigenvalue weighted by Crippen LogP contribution is 2.52. The lowest BCUT2D eigenvalue weighted by molar-refractivity contribution is -0.158. The van der Waals surface area contributed by atoms with Crippen LogP contribution in [0.15, 0.2) is 77.3 Å². The number of para-hydroxylation sites is 1. The Morgan fingerprint density at radius 2 is 1.88 bits per heavy atom. The molecule has 0 spiro atoms. The van der Waals surface area contributed by atoms with Gasteiger partial charge < -0.3 is 19.8 Å². The lowest BCUT2D eigenvalue weighted by Crippen LogP contribution is -2.50. The number of esters is 1. The molecule has 42 heavy (non-hydrogen) atoms. The van der Waals surface area contributed by atoms with Crippen LogP contribution < -0.4 is 10.1 Å². The highest BCUT2D eigenvalue weighted by molar-refractivity contribution is 6.07. The number of piperidine rings is 1. The zero-order valence-corrected chi connectivity index (χ0v) is 24.2. The summed E-state index contributed by atoms with van der Waals surface area (Å²) in [6.07, 6.45) is 1.08. The minimum Gasteiger partial charge on any atom is -0.496 e. The van der Waals surface area contributed by atoms with Crippen molar-refractivity contribution < 1.29 is 27.8 Å². The van der Waals surface area contributed by atoms with E-state index in [-0.39, 0.29) is 36.8 Å². The molecule has 2 aromatic carbocycles. The fraction of sp³-hybridized carbons (Fsp3) is 0.394.